The van der Waals surface area contributed by atoms with Crippen LogP contribution in [0.2, 0.25) is 0 Å². The molecule has 2 aliphatic heterocycles. The molecule has 0 aromatic heterocycles. The van der Waals surface area contributed by atoms with Gasteiger partial charge in [0, 0.05) is 31.1 Å². The van der Waals surface area contributed by atoms with Crippen molar-refractivity contribution in [2.45, 2.75) is 31.7 Å². The predicted octanol–water partition coefficient (Wildman–Crippen LogP) is 2.43. The van der Waals surface area contributed by atoms with Crippen molar-refractivity contribution in [1.82, 2.24) is 9.80 Å². The van der Waals surface area contributed by atoms with E-state index < -0.39 is 0 Å². The zero-order valence-corrected chi connectivity index (χ0v) is 12.1. The highest BCUT2D eigenvalue weighted by molar-refractivity contribution is 5.96. The van der Waals surface area contributed by atoms with Crippen LogP contribution in [0.15, 0.2) is 30.3 Å². The van der Waals surface area contributed by atoms with E-state index in [0.29, 0.717) is 6.42 Å². The normalized spacial score (nSPS) is 24.3. The van der Waals surface area contributed by atoms with E-state index in [2.05, 4.69) is 9.80 Å². The second-order valence-corrected chi connectivity index (χ2v) is 6.03. The van der Waals surface area contributed by atoms with Gasteiger partial charge in [0.1, 0.15) is 0 Å². The summed E-state index contributed by atoms with van der Waals surface area (Å²) in [5.41, 5.74) is 0.852. The summed E-state index contributed by atoms with van der Waals surface area (Å²) in [5.74, 6) is 0.276. The van der Waals surface area contributed by atoms with Crippen molar-refractivity contribution in [3.05, 3.63) is 35.9 Å². The lowest BCUT2D eigenvalue weighted by Gasteiger charge is -2.25. The van der Waals surface area contributed by atoms with E-state index in [1.165, 1.54) is 32.4 Å². The largest absolute Gasteiger partial charge is 0.301 e. The molecular formula is C17H24N2O. The van der Waals surface area contributed by atoms with Gasteiger partial charge in [-0.1, -0.05) is 30.3 Å². The van der Waals surface area contributed by atoms with Crippen molar-refractivity contribution in [2.24, 2.45) is 0 Å². The van der Waals surface area contributed by atoms with Crippen molar-refractivity contribution >= 4 is 5.78 Å². The van der Waals surface area contributed by atoms with E-state index in [1.54, 1.807) is 0 Å². The Balaban J connectivity index is 1.51. The molecule has 0 aliphatic carbocycles. The lowest BCUT2D eigenvalue weighted by atomic mass is 10.1. The maximum absolute atomic E-state index is 12.2. The summed E-state index contributed by atoms with van der Waals surface area (Å²) in [6.07, 6.45) is 4.58. The van der Waals surface area contributed by atoms with Gasteiger partial charge in [0.15, 0.2) is 5.78 Å². The molecule has 0 N–H and O–H groups in total. The minimum Gasteiger partial charge on any atom is -0.301 e. The predicted molar refractivity (Wildman–Crippen MR) is 81.0 cm³/mol. The molecular weight excluding hydrogens is 248 g/mol. The Kier molecular flexibility index (Phi) is 4.48. The Bertz CT molecular complexity index is 446. The van der Waals surface area contributed by atoms with E-state index in [9.17, 15) is 4.79 Å². The molecule has 20 heavy (non-hydrogen) atoms. The van der Waals surface area contributed by atoms with Crippen molar-refractivity contribution in [1.29, 1.82) is 0 Å². The fourth-order valence-electron chi connectivity index (χ4n) is 3.51. The molecule has 1 aromatic rings. The van der Waals surface area contributed by atoms with Gasteiger partial charge in [-0.05, 0) is 38.9 Å². The number of fused-ring (bicyclic) bond motifs is 1. The monoisotopic (exact) mass is 272 g/mol. The lowest BCUT2D eigenvalue weighted by Crippen LogP contribution is -2.37. The molecule has 0 radical (unpaired) electrons. The summed E-state index contributed by atoms with van der Waals surface area (Å²) in [6, 6.07) is 10.4. The average Bonchev–Trinajstić information content (AvgIpc) is 2.83. The molecule has 3 nitrogen and oxygen atoms in total. The van der Waals surface area contributed by atoms with Gasteiger partial charge in [-0.2, -0.15) is 0 Å². The van der Waals surface area contributed by atoms with E-state index in [0.717, 1.165) is 31.2 Å². The summed E-state index contributed by atoms with van der Waals surface area (Å²) in [6.45, 7) is 5.74. The number of benzene rings is 1. The molecule has 0 amide bonds. The first kappa shape index (κ1) is 13.8. The molecule has 0 saturated carbocycles. The van der Waals surface area contributed by atoms with Crippen molar-refractivity contribution in [3.63, 3.8) is 0 Å². The molecule has 3 rings (SSSR count). The molecule has 108 valence electrons. The minimum absolute atomic E-state index is 0.276. The number of rotatable bonds is 4. The van der Waals surface area contributed by atoms with Crippen LogP contribution in [0.5, 0.6) is 0 Å². The Hall–Kier alpha value is -1.19. The van der Waals surface area contributed by atoms with Gasteiger partial charge in [-0.15, -0.1) is 0 Å². The Morgan fingerprint density at radius 1 is 1.10 bits per heavy atom. The first-order valence-corrected chi connectivity index (χ1v) is 7.87. The van der Waals surface area contributed by atoms with Gasteiger partial charge in [-0.25, -0.2) is 0 Å². The van der Waals surface area contributed by atoms with E-state index in [4.69, 9.17) is 0 Å². The smallest absolute Gasteiger partial charge is 0.164 e. The first-order chi connectivity index (χ1) is 9.83. The van der Waals surface area contributed by atoms with E-state index >= 15 is 0 Å². The number of carbonyl (C=O) groups is 1. The zero-order valence-electron chi connectivity index (χ0n) is 12.1. The second kappa shape index (κ2) is 6.51. The molecule has 2 aliphatic rings. The van der Waals surface area contributed by atoms with Crippen LogP contribution >= 0.6 is 0 Å². The van der Waals surface area contributed by atoms with E-state index in [-0.39, 0.29) is 5.78 Å². The Morgan fingerprint density at radius 2 is 1.90 bits per heavy atom. The zero-order chi connectivity index (χ0) is 13.8. The standard InChI is InChI=1S/C17H24N2O/c20-17(15-6-2-1-3-7-15)9-13-18-10-5-12-19-11-4-8-16(19)14-18/h1-3,6-7,16H,4-5,8-14H2. The Labute approximate surface area is 121 Å². The van der Waals surface area contributed by atoms with Gasteiger partial charge in [0.05, 0.1) is 0 Å². The van der Waals surface area contributed by atoms with Crippen LogP contribution in [0.4, 0.5) is 0 Å². The van der Waals surface area contributed by atoms with Crippen LogP contribution in [0.1, 0.15) is 36.0 Å². The van der Waals surface area contributed by atoms with Gasteiger partial charge >= 0.3 is 0 Å². The van der Waals surface area contributed by atoms with Gasteiger partial charge in [0.25, 0.3) is 0 Å². The molecule has 2 fully saturated rings. The number of ketones is 1. The van der Waals surface area contributed by atoms with Crippen LogP contribution in [0.25, 0.3) is 0 Å². The lowest BCUT2D eigenvalue weighted by molar-refractivity contribution is 0.0961. The summed E-state index contributed by atoms with van der Waals surface area (Å²) < 4.78 is 0. The van der Waals surface area contributed by atoms with Crippen molar-refractivity contribution in [2.75, 3.05) is 32.7 Å². The topological polar surface area (TPSA) is 23.6 Å². The maximum atomic E-state index is 12.2. The highest BCUT2D eigenvalue weighted by Crippen LogP contribution is 2.21. The number of carbonyl (C=O) groups excluding carboxylic acids is 1. The number of Topliss-reactive ketones (excluding diaryl/α,β-unsaturated/α-hetero) is 1. The molecule has 3 heteroatoms. The summed E-state index contributed by atoms with van der Waals surface area (Å²) in [4.78, 5) is 17.3. The Morgan fingerprint density at radius 3 is 2.75 bits per heavy atom. The van der Waals surface area contributed by atoms with Crippen LogP contribution in [0, 0.1) is 0 Å². The molecule has 0 bridgehead atoms. The van der Waals surface area contributed by atoms with Crippen LogP contribution in [0.3, 0.4) is 0 Å². The summed E-state index contributed by atoms with van der Waals surface area (Å²) in [5, 5.41) is 0. The molecule has 0 spiro atoms. The van der Waals surface area contributed by atoms with Crippen LogP contribution in [-0.4, -0.2) is 54.3 Å². The third-order valence-electron chi connectivity index (χ3n) is 4.64. The molecule has 1 unspecified atom stereocenters. The summed E-state index contributed by atoms with van der Waals surface area (Å²) in [7, 11) is 0. The third kappa shape index (κ3) is 3.28. The SMILES string of the molecule is O=C(CCN1CCCN2CCCC2C1)c1ccccc1. The quantitative estimate of drug-likeness (QED) is 0.787. The van der Waals surface area contributed by atoms with Gasteiger partial charge in [0.2, 0.25) is 0 Å². The van der Waals surface area contributed by atoms with Gasteiger partial charge < -0.3 is 4.90 Å². The van der Waals surface area contributed by atoms with Crippen LogP contribution < -0.4 is 0 Å². The summed E-state index contributed by atoms with van der Waals surface area (Å²) >= 11 is 0. The fraction of sp³-hybridized carbons (Fsp3) is 0.588. The highest BCUT2D eigenvalue weighted by Gasteiger charge is 2.28. The minimum atomic E-state index is 0.276. The maximum Gasteiger partial charge on any atom is 0.164 e. The second-order valence-electron chi connectivity index (χ2n) is 6.03. The van der Waals surface area contributed by atoms with Crippen LogP contribution in [-0.2, 0) is 0 Å². The molecule has 2 saturated heterocycles. The third-order valence-corrected chi connectivity index (χ3v) is 4.64. The van der Waals surface area contributed by atoms with Crippen molar-refractivity contribution < 1.29 is 4.79 Å². The number of hydrogen-bond acceptors (Lipinski definition) is 3. The number of hydrogen-bond donors (Lipinski definition) is 0. The first-order valence-electron chi connectivity index (χ1n) is 7.87. The van der Waals surface area contributed by atoms with Crippen molar-refractivity contribution in [3.8, 4) is 0 Å². The molecule has 2 heterocycles. The van der Waals surface area contributed by atoms with Gasteiger partial charge in [-0.3, -0.25) is 9.69 Å². The highest BCUT2D eigenvalue weighted by atomic mass is 16.1. The van der Waals surface area contributed by atoms with E-state index in [1.807, 2.05) is 30.3 Å². The fourth-order valence-corrected chi connectivity index (χ4v) is 3.51. The average molecular weight is 272 g/mol. The molecule has 1 atom stereocenters. The molecule has 1 aromatic carbocycles. The number of nitrogens with zero attached hydrogens (tertiary/aromatic N) is 2.